The Morgan fingerprint density at radius 3 is 2.67 bits per heavy atom. The summed E-state index contributed by atoms with van der Waals surface area (Å²) in [5, 5.41) is 10.7. The minimum atomic E-state index is 0.351. The fourth-order valence-electron chi connectivity index (χ4n) is 1.06. The molecule has 0 radical (unpaired) electrons. The van der Waals surface area contributed by atoms with E-state index in [1.54, 1.807) is 6.07 Å². The van der Waals surface area contributed by atoms with Crippen LogP contribution < -0.4 is 0 Å². The van der Waals surface area contributed by atoms with Gasteiger partial charge in [0.2, 0.25) is 0 Å². The highest BCUT2D eigenvalue weighted by atomic mass is 79.9. The first-order valence-electron chi connectivity index (χ1n) is 3.24. The van der Waals surface area contributed by atoms with E-state index < -0.39 is 0 Å². The van der Waals surface area contributed by atoms with Gasteiger partial charge in [0, 0.05) is 8.95 Å². The summed E-state index contributed by atoms with van der Waals surface area (Å²) in [5.41, 5.74) is 0. The quantitative estimate of drug-likeness (QED) is 0.776. The summed E-state index contributed by atoms with van der Waals surface area (Å²) in [6.07, 6.45) is 0. The molecule has 0 saturated carbocycles. The van der Waals surface area contributed by atoms with Crippen LogP contribution in [0.1, 0.15) is 0 Å². The van der Waals surface area contributed by atoms with E-state index in [4.69, 9.17) is 0 Å². The second-order valence-corrected chi connectivity index (χ2v) is 5.19. The lowest BCUT2D eigenvalue weighted by atomic mass is 10.3. The molecule has 1 heterocycles. The van der Waals surface area contributed by atoms with Crippen LogP contribution in [-0.2, 0) is 0 Å². The van der Waals surface area contributed by atoms with Crippen LogP contribution in [0.2, 0.25) is 0 Å². The topological polar surface area (TPSA) is 20.2 Å². The third kappa shape index (κ3) is 1.39. The first-order chi connectivity index (χ1) is 5.66. The minimum Gasteiger partial charge on any atom is -0.499 e. The molecular weight excluding hydrogens is 304 g/mol. The third-order valence-corrected chi connectivity index (χ3v) is 3.86. The summed E-state index contributed by atoms with van der Waals surface area (Å²) in [4.78, 5) is 0. The van der Waals surface area contributed by atoms with E-state index in [-0.39, 0.29) is 0 Å². The number of fused-ring (bicyclic) bond motifs is 1. The number of thiophene rings is 1. The van der Waals surface area contributed by atoms with Crippen molar-refractivity contribution in [3.05, 3.63) is 27.1 Å². The lowest BCUT2D eigenvalue weighted by molar-refractivity contribution is 0.491. The van der Waals surface area contributed by atoms with Gasteiger partial charge in [-0.1, -0.05) is 27.3 Å². The number of aromatic hydroxyl groups is 1. The molecule has 0 fully saturated rings. The van der Waals surface area contributed by atoms with Crippen LogP contribution in [0.4, 0.5) is 0 Å². The molecule has 0 aliphatic carbocycles. The average molecular weight is 308 g/mol. The molecule has 0 atom stereocenters. The van der Waals surface area contributed by atoms with E-state index in [9.17, 15) is 5.11 Å². The second-order valence-electron chi connectivity index (χ2n) is 2.39. The Morgan fingerprint density at radius 1 is 1.17 bits per heavy atom. The molecule has 0 spiro atoms. The predicted octanol–water partition coefficient (Wildman–Crippen LogP) is 4.13. The molecule has 1 aromatic carbocycles. The molecule has 0 amide bonds. The molecule has 2 aromatic rings. The van der Waals surface area contributed by atoms with Crippen molar-refractivity contribution in [2.75, 3.05) is 0 Å². The lowest BCUT2D eigenvalue weighted by Gasteiger charge is -1.93. The Bertz CT molecular complexity index is 436. The summed E-state index contributed by atoms with van der Waals surface area (Å²) in [6.45, 7) is 0. The van der Waals surface area contributed by atoms with Crippen molar-refractivity contribution < 1.29 is 5.11 Å². The molecule has 1 nitrogen and oxygen atoms in total. The van der Waals surface area contributed by atoms with Crippen LogP contribution in [0.5, 0.6) is 5.06 Å². The maximum Gasteiger partial charge on any atom is 0.172 e. The van der Waals surface area contributed by atoms with Crippen molar-refractivity contribution in [1.29, 1.82) is 0 Å². The van der Waals surface area contributed by atoms with Crippen LogP contribution in [0.3, 0.4) is 0 Å². The monoisotopic (exact) mass is 306 g/mol. The lowest BCUT2D eigenvalue weighted by Crippen LogP contribution is -1.67. The van der Waals surface area contributed by atoms with E-state index in [0.717, 1.165) is 19.0 Å². The zero-order chi connectivity index (χ0) is 8.72. The number of hydrogen-bond donors (Lipinski definition) is 1. The zero-order valence-corrected chi connectivity index (χ0v) is 9.83. The summed E-state index contributed by atoms with van der Waals surface area (Å²) in [7, 11) is 0. The maximum absolute atomic E-state index is 9.25. The molecule has 0 aliphatic rings. The van der Waals surface area contributed by atoms with Crippen molar-refractivity contribution in [2.24, 2.45) is 0 Å². The molecule has 0 bridgehead atoms. The Labute approximate surface area is 90.3 Å². The zero-order valence-electron chi connectivity index (χ0n) is 5.84. The van der Waals surface area contributed by atoms with Crippen molar-refractivity contribution in [3.63, 3.8) is 0 Å². The largest absolute Gasteiger partial charge is 0.499 e. The third-order valence-electron chi connectivity index (χ3n) is 1.52. The van der Waals surface area contributed by atoms with Crippen molar-refractivity contribution in [3.8, 4) is 5.06 Å². The van der Waals surface area contributed by atoms with Gasteiger partial charge in [-0.2, -0.15) is 0 Å². The van der Waals surface area contributed by atoms with Crippen molar-refractivity contribution in [1.82, 2.24) is 0 Å². The van der Waals surface area contributed by atoms with Gasteiger partial charge in [-0.3, -0.25) is 0 Å². The fourth-order valence-corrected chi connectivity index (χ4v) is 3.35. The molecule has 4 heteroatoms. The van der Waals surface area contributed by atoms with E-state index in [2.05, 4.69) is 31.9 Å². The first kappa shape index (κ1) is 8.53. The number of halogens is 2. The van der Waals surface area contributed by atoms with Gasteiger partial charge in [0.05, 0.1) is 4.70 Å². The Kier molecular flexibility index (Phi) is 2.14. The highest BCUT2D eigenvalue weighted by Gasteiger charge is 2.04. The van der Waals surface area contributed by atoms with E-state index in [1.807, 2.05) is 12.1 Å². The molecule has 12 heavy (non-hydrogen) atoms. The Morgan fingerprint density at radius 2 is 1.92 bits per heavy atom. The van der Waals surface area contributed by atoms with Gasteiger partial charge < -0.3 is 5.11 Å². The van der Waals surface area contributed by atoms with Gasteiger partial charge in [0.1, 0.15) is 0 Å². The summed E-state index contributed by atoms with van der Waals surface area (Å²) >= 11 is 8.19. The highest BCUT2D eigenvalue weighted by Crippen LogP contribution is 2.37. The molecule has 2 rings (SSSR count). The van der Waals surface area contributed by atoms with E-state index in [1.165, 1.54) is 11.3 Å². The molecule has 1 N–H and O–H groups in total. The number of rotatable bonds is 0. The van der Waals surface area contributed by atoms with Crippen LogP contribution in [0, 0.1) is 0 Å². The molecule has 62 valence electrons. The van der Waals surface area contributed by atoms with E-state index in [0.29, 0.717) is 5.06 Å². The van der Waals surface area contributed by atoms with Gasteiger partial charge in [0.25, 0.3) is 0 Å². The second kappa shape index (κ2) is 3.01. The summed E-state index contributed by atoms with van der Waals surface area (Å²) in [5.74, 6) is 0. The normalized spacial score (nSPS) is 10.8. The van der Waals surface area contributed by atoms with Crippen molar-refractivity contribution in [2.45, 2.75) is 0 Å². The van der Waals surface area contributed by atoms with Gasteiger partial charge >= 0.3 is 0 Å². The number of hydrogen-bond acceptors (Lipinski definition) is 2. The molecule has 0 aliphatic heterocycles. The fraction of sp³-hybridized carbons (Fsp3) is 0. The Balaban J connectivity index is 2.88. The summed E-state index contributed by atoms with van der Waals surface area (Å²) < 4.78 is 3.10. The standard InChI is InChI=1S/C8H4Br2OS/c9-5-1-4-2-7(11)12-8(4)6(10)3-5/h1-3,11H. The van der Waals surface area contributed by atoms with Crippen LogP contribution >= 0.6 is 43.2 Å². The van der Waals surface area contributed by atoms with Gasteiger partial charge in [-0.15, -0.1) is 0 Å². The van der Waals surface area contributed by atoms with E-state index >= 15 is 0 Å². The highest BCUT2D eigenvalue weighted by molar-refractivity contribution is 9.11. The minimum absolute atomic E-state index is 0.351. The predicted molar refractivity (Wildman–Crippen MR) is 58.9 cm³/mol. The Hall–Kier alpha value is -0.0600. The SMILES string of the molecule is Oc1cc2cc(Br)cc(Br)c2s1. The van der Waals surface area contributed by atoms with Gasteiger partial charge in [-0.25, -0.2) is 0 Å². The number of benzene rings is 1. The van der Waals surface area contributed by atoms with Crippen LogP contribution in [0.25, 0.3) is 10.1 Å². The smallest absolute Gasteiger partial charge is 0.172 e. The molecule has 0 unspecified atom stereocenters. The molecular formula is C8H4Br2OS. The average Bonchev–Trinajstić information content (AvgIpc) is 2.29. The molecule has 1 aromatic heterocycles. The first-order valence-corrected chi connectivity index (χ1v) is 5.64. The molecule has 0 saturated heterocycles. The van der Waals surface area contributed by atoms with Gasteiger partial charge in [0.15, 0.2) is 5.06 Å². The van der Waals surface area contributed by atoms with Crippen LogP contribution in [0.15, 0.2) is 27.1 Å². The van der Waals surface area contributed by atoms with Gasteiger partial charge in [-0.05, 0) is 39.5 Å². The maximum atomic E-state index is 9.25. The van der Waals surface area contributed by atoms with Crippen LogP contribution in [-0.4, -0.2) is 5.11 Å². The van der Waals surface area contributed by atoms with Crippen molar-refractivity contribution >= 4 is 53.3 Å². The summed E-state index contributed by atoms with van der Waals surface area (Å²) in [6, 6.07) is 5.71.